The van der Waals surface area contributed by atoms with Crippen molar-refractivity contribution in [1.29, 1.82) is 0 Å². The number of hydrogen-bond donors (Lipinski definition) is 3. The lowest BCUT2D eigenvalue weighted by Gasteiger charge is -2.50. The number of nitrogen functional groups attached to an aromatic ring is 1. The number of nitrogens with one attached hydrogen (secondary N) is 2. The Bertz CT molecular complexity index is 604. The summed E-state index contributed by atoms with van der Waals surface area (Å²) in [6.07, 6.45) is 3.35. The summed E-state index contributed by atoms with van der Waals surface area (Å²) in [5, 5.41) is 0. The van der Waals surface area contributed by atoms with Gasteiger partial charge in [0.05, 0.1) is 5.92 Å². The van der Waals surface area contributed by atoms with Gasteiger partial charge in [0.25, 0.3) is 0 Å². The number of likely N-dealkylation sites (tertiary alicyclic amines) is 1. The van der Waals surface area contributed by atoms with Gasteiger partial charge in [-0.3, -0.25) is 15.6 Å². The highest BCUT2D eigenvalue weighted by atomic mass is 16.2. The number of nitrogens with two attached hydrogens (primary N) is 1. The number of piperidine rings is 1. The molecule has 4 rings (SSSR count). The van der Waals surface area contributed by atoms with E-state index >= 15 is 0 Å². The highest BCUT2D eigenvalue weighted by Crippen LogP contribution is 2.45. The molecule has 2 aliphatic heterocycles. The molecule has 5 heteroatoms. The van der Waals surface area contributed by atoms with Crippen molar-refractivity contribution in [3.05, 3.63) is 29.8 Å². The van der Waals surface area contributed by atoms with Crippen LogP contribution in [0.1, 0.15) is 37.7 Å². The summed E-state index contributed by atoms with van der Waals surface area (Å²) in [5.74, 6) is 1.44. The van der Waals surface area contributed by atoms with E-state index in [9.17, 15) is 4.79 Å². The van der Waals surface area contributed by atoms with Gasteiger partial charge in [0.2, 0.25) is 5.91 Å². The van der Waals surface area contributed by atoms with Crippen LogP contribution in [0.3, 0.4) is 0 Å². The van der Waals surface area contributed by atoms with Crippen LogP contribution in [-0.4, -0.2) is 36.0 Å². The first kappa shape index (κ1) is 15.0. The molecule has 5 unspecified atom stereocenters. The van der Waals surface area contributed by atoms with Gasteiger partial charge in [0.15, 0.2) is 0 Å². The van der Waals surface area contributed by atoms with E-state index in [2.05, 4.69) is 34.8 Å². The molecule has 0 aromatic heterocycles. The maximum Gasteiger partial charge on any atom is 0.228 e. The maximum atomic E-state index is 12.8. The predicted molar refractivity (Wildman–Crippen MR) is 90.5 cm³/mol. The lowest BCUT2D eigenvalue weighted by Crippen LogP contribution is -2.61. The summed E-state index contributed by atoms with van der Waals surface area (Å²) in [7, 11) is 0. The van der Waals surface area contributed by atoms with Crippen LogP contribution in [0.2, 0.25) is 0 Å². The largest absolute Gasteiger partial charge is 0.398 e. The summed E-state index contributed by atoms with van der Waals surface area (Å²) in [5.41, 5.74) is 14.9. The zero-order valence-electron chi connectivity index (χ0n) is 13.7. The third kappa shape index (κ3) is 2.34. The number of carbonyl (C=O) groups excluding carboxylic acids is 1. The van der Waals surface area contributed by atoms with Crippen molar-refractivity contribution in [3.8, 4) is 0 Å². The monoisotopic (exact) mass is 314 g/mol. The lowest BCUT2D eigenvalue weighted by atomic mass is 9.67. The standard InChI is InChI=1S/C18H26N4O/c1-2-22-16-9-11(12-5-3-4-6-15(12)19)7-8-13(16)17-14(18(22)23)10-20-21-17/h3-6,11,13-14,16-17,20-21H,2,7-10,19H2,1H3. The highest BCUT2D eigenvalue weighted by molar-refractivity contribution is 5.81. The SMILES string of the molecule is CCN1C(=O)C2CNNC2C2CCC(c3ccccc3N)CC21. The Morgan fingerprint density at radius 3 is 2.91 bits per heavy atom. The van der Waals surface area contributed by atoms with Crippen molar-refractivity contribution < 1.29 is 4.79 Å². The molecule has 124 valence electrons. The molecule has 23 heavy (non-hydrogen) atoms. The Kier molecular flexibility index (Phi) is 3.77. The molecule has 1 aromatic carbocycles. The van der Waals surface area contributed by atoms with Crippen molar-refractivity contribution in [3.63, 3.8) is 0 Å². The third-order valence-corrected chi connectivity index (χ3v) is 6.13. The van der Waals surface area contributed by atoms with Gasteiger partial charge in [-0.1, -0.05) is 18.2 Å². The highest BCUT2D eigenvalue weighted by Gasteiger charge is 2.51. The Morgan fingerprint density at radius 2 is 2.13 bits per heavy atom. The first-order valence-electron chi connectivity index (χ1n) is 8.84. The van der Waals surface area contributed by atoms with E-state index in [0.717, 1.165) is 38.0 Å². The molecule has 0 radical (unpaired) electrons. The van der Waals surface area contributed by atoms with Crippen molar-refractivity contribution in [2.75, 3.05) is 18.8 Å². The van der Waals surface area contributed by atoms with E-state index < -0.39 is 0 Å². The number of hydrazine groups is 1. The fraction of sp³-hybridized carbons (Fsp3) is 0.611. The van der Waals surface area contributed by atoms with Crippen LogP contribution < -0.4 is 16.6 Å². The van der Waals surface area contributed by atoms with Gasteiger partial charge in [0.1, 0.15) is 0 Å². The van der Waals surface area contributed by atoms with Crippen LogP contribution in [0.25, 0.3) is 0 Å². The maximum absolute atomic E-state index is 12.8. The van der Waals surface area contributed by atoms with Gasteiger partial charge < -0.3 is 10.6 Å². The Labute approximate surface area is 137 Å². The van der Waals surface area contributed by atoms with Gasteiger partial charge >= 0.3 is 0 Å². The Balaban J connectivity index is 1.62. The number of anilines is 1. The summed E-state index contributed by atoms with van der Waals surface area (Å²) in [6, 6.07) is 8.83. The van der Waals surface area contributed by atoms with Crippen LogP contribution in [-0.2, 0) is 4.79 Å². The number of carbonyl (C=O) groups is 1. The first-order chi connectivity index (χ1) is 11.2. The van der Waals surface area contributed by atoms with Gasteiger partial charge in [-0.25, -0.2) is 0 Å². The minimum atomic E-state index is 0.106. The Morgan fingerprint density at radius 1 is 1.30 bits per heavy atom. The molecule has 1 amide bonds. The van der Waals surface area contributed by atoms with E-state index in [1.807, 2.05) is 12.1 Å². The topological polar surface area (TPSA) is 70.4 Å². The molecular formula is C18H26N4O. The molecule has 2 saturated heterocycles. The van der Waals surface area contributed by atoms with Crippen molar-refractivity contribution in [2.24, 2.45) is 11.8 Å². The number of para-hydroxylation sites is 1. The smallest absolute Gasteiger partial charge is 0.228 e. The van der Waals surface area contributed by atoms with Crippen molar-refractivity contribution >= 4 is 11.6 Å². The molecule has 1 saturated carbocycles. The van der Waals surface area contributed by atoms with Gasteiger partial charge in [-0.2, -0.15) is 0 Å². The van der Waals surface area contributed by atoms with E-state index in [0.29, 0.717) is 29.8 Å². The molecule has 5 nitrogen and oxygen atoms in total. The number of amides is 1. The Hall–Kier alpha value is -1.59. The zero-order valence-corrected chi connectivity index (χ0v) is 13.7. The second-order valence-electron chi connectivity index (χ2n) is 7.15. The van der Waals surface area contributed by atoms with Crippen molar-refractivity contribution in [1.82, 2.24) is 15.8 Å². The number of benzene rings is 1. The molecule has 1 aliphatic carbocycles. The number of rotatable bonds is 2. The van der Waals surface area contributed by atoms with Crippen LogP contribution in [0.15, 0.2) is 24.3 Å². The molecule has 3 aliphatic rings. The summed E-state index contributed by atoms with van der Waals surface area (Å²) in [6.45, 7) is 3.67. The lowest BCUT2D eigenvalue weighted by molar-refractivity contribution is -0.146. The normalized spacial score (nSPS) is 36.7. The second kappa shape index (κ2) is 5.80. The van der Waals surface area contributed by atoms with E-state index in [1.54, 1.807) is 0 Å². The molecule has 1 aromatic rings. The van der Waals surface area contributed by atoms with Gasteiger partial charge in [-0.05, 0) is 49.7 Å². The molecule has 3 fully saturated rings. The average Bonchev–Trinajstić information content (AvgIpc) is 3.05. The minimum absolute atomic E-state index is 0.106. The van der Waals surface area contributed by atoms with Crippen molar-refractivity contribution in [2.45, 2.75) is 44.2 Å². The third-order valence-electron chi connectivity index (χ3n) is 6.13. The molecule has 5 atom stereocenters. The van der Waals surface area contributed by atoms with Gasteiger partial charge in [0, 0.05) is 30.9 Å². The molecule has 0 spiro atoms. The number of fused-ring (bicyclic) bond motifs is 3. The van der Waals surface area contributed by atoms with E-state index in [1.165, 1.54) is 5.56 Å². The van der Waals surface area contributed by atoms with E-state index in [4.69, 9.17) is 5.73 Å². The van der Waals surface area contributed by atoms with E-state index in [-0.39, 0.29) is 5.92 Å². The second-order valence-corrected chi connectivity index (χ2v) is 7.15. The fourth-order valence-electron chi connectivity index (χ4n) is 5.04. The minimum Gasteiger partial charge on any atom is -0.398 e. The number of hydrogen-bond acceptors (Lipinski definition) is 4. The van der Waals surface area contributed by atoms with Crippen LogP contribution >= 0.6 is 0 Å². The average molecular weight is 314 g/mol. The summed E-state index contributed by atoms with van der Waals surface area (Å²) < 4.78 is 0. The van der Waals surface area contributed by atoms with Crippen LogP contribution in [0.5, 0.6) is 0 Å². The number of nitrogens with zero attached hydrogens (tertiary/aromatic N) is 1. The fourth-order valence-corrected chi connectivity index (χ4v) is 5.04. The quantitative estimate of drug-likeness (QED) is 0.723. The molecular weight excluding hydrogens is 288 g/mol. The first-order valence-corrected chi connectivity index (χ1v) is 8.84. The summed E-state index contributed by atoms with van der Waals surface area (Å²) in [4.78, 5) is 15.0. The molecule has 4 N–H and O–H groups in total. The molecule has 0 bridgehead atoms. The zero-order chi connectivity index (χ0) is 16.0. The summed E-state index contributed by atoms with van der Waals surface area (Å²) >= 11 is 0. The van der Waals surface area contributed by atoms with Crippen LogP contribution in [0.4, 0.5) is 5.69 Å². The molecule has 2 heterocycles. The predicted octanol–water partition coefficient (Wildman–Crippen LogP) is 1.48. The van der Waals surface area contributed by atoms with Crippen LogP contribution in [0, 0.1) is 11.8 Å². The van der Waals surface area contributed by atoms with Gasteiger partial charge in [-0.15, -0.1) is 0 Å².